The smallest absolute Gasteiger partial charge is 0.438 e. The van der Waals surface area contributed by atoms with Crippen molar-refractivity contribution in [3.63, 3.8) is 0 Å². The van der Waals surface area contributed by atoms with Crippen molar-refractivity contribution in [1.29, 1.82) is 0 Å². The normalized spacial score (nSPS) is 27.0. The van der Waals surface area contributed by atoms with Gasteiger partial charge in [0.25, 0.3) is 0 Å². The topological polar surface area (TPSA) is 52.6 Å². The maximum absolute atomic E-state index is 14.7. The Morgan fingerprint density at radius 2 is 1.19 bits per heavy atom. The average molecular weight is 637 g/mol. The van der Waals surface area contributed by atoms with E-state index < -0.39 is 71.8 Å². The number of esters is 2. The zero-order valence-corrected chi connectivity index (χ0v) is 22.0. The van der Waals surface area contributed by atoms with Crippen LogP contribution in [0.3, 0.4) is 0 Å². The maximum atomic E-state index is 14.7. The van der Waals surface area contributed by atoms with Gasteiger partial charge in [0.15, 0.2) is 0 Å². The predicted octanol–water partition coefficient (Wildman–Crippen LogP) is 8.86. The molecule has 1 unspecified atom stereocenters. The van der Waals surface area contributed by atoms with Gasteiger partial charge in [-0.25, -0.2) is 4.39 Å². The monoisotopic (exact) mass is 636 g/mol. The molecule has 0 aromatic heterocycles. The lowest BCUT2D eigenvalue weighted by molar-refractivity contribution is -0.428. The van der Waals surface area contributed by atoms with E-state index in [2.05, 4.69) is 0 Å². The van der Waals surface area contributed by atoms with E-state index in [1.54, 1.807) is 0 Å². The molecule has 0 aromatic carbocycles. The third-order valence-electron chi connectivity index (χ3n) is 8.74. The molecule has 0 aliphatic heterocycles. The van der Waals surface area contributed by atoms with Crippen LogP contribution in [0, 0.1) is 28.6 Å². The Bertz CT molecular complexity index is 923. The molecular weight excluding hydrogens is 597 g/mol. The number of ether oxygens (including phenoxy) is 2. The minimum absolute atomic E-state index is 0. The average Bonchev–Trinajstić information content (AvgIpc) is 2.78. The van der Waals surface area contributed by atoms with Gasteiger partial charge >= 0.3 is 41.8 Å². The number of hydrogen-bond donors (Lipinski definition) is 0. The molecule has 0 radical (unpaired) electrons. The Labute approximate surface area is 238 Å². The van der Waals surface area contributed by atoms with Crippen molar-refractivity contribution in [2.75, 3.05) is 6.61 Å². The van der Waals surface area contributed by atoms with Gasteiger partial charge in [0.05, 0.1) is 17.3 Å². The molecule has 4 saturated carbocycles. The van der Waals surface area contributed by atoms with Gasteiger partial charge < -0.3 is 9.47 Å². The van der Waals surface area contributed by atoms with E-state index in [1.807, 2.05) is 0 Å². The zero-order chi connectivity index (χ0) is 30.7. The van der Waals surface area contributed by atoms with E-state index in [9.17, 15) is 57.9 Å². The molecule has 1 atom stereocenters. The number of halogens is 11. The Morgan fingerprint density at radius 1 is 0.786 bits per heavy atom. The summed E-state index contributed by atoms with van der Waals surface area (Å²) in [7, 11) is 0. The number of carbonyl (C=O) groups excluding carboxylic acids is 2. The fraction of sp³-hybridized carbons (Fsp3) is 0.926. The van der Waals surface area contributed by atoms with Crippen LogP contribution in [0.2, 0.25) is 0 Å². The van der Waals surface area contributed by atoms with Gasteiger partial charge in [-0.2, -0.15) is 43.9 Å². The predicted molar refractivity (Wildman–Crippen MR) is 129 cm³/mol. The molecule has 0 aromatic rings. The molecule has 15 heteroatoms. The van der Waals surface area contributed by atoms with Crippen molar-refractivity contribution in [2.24, 2.45) is 28.6 Å². The van der Waals surface area contributed by atoms with E-state index in [0.717, 1.165) is 19.3 Å². The summed E-state index contributed by atoms with van der Waals surface area (Å²) in [5.74, 6) is -15.6. The molecule has 4 nitrogen and oxygen atoms in total. The number of rotatable bonds is 10. The van der Waals surface area contributed by atoms with Crippen molar-refractivity contribution in [1.82, 2.24) is 0 Å². The molecule has 0 saturated heterocycles. The number of hydrogen-bond acceptors (Lipinski definition) is 4. The summed E-state index contributed by atoms with van der Waals surface area (Å²) in [6.45, 7) is 2.89. The van der Waals surface area contributed by atoms with Crippen molar-refractivity contribution in [3.05, 3.63) is 0 Å². The summed E-state index contributed by atoms with van der Waals surface area (Å²) >= 11 is 0. The lowest BCUT2D eigenvalue weighted by Crippen LogP contribution is -2.70. The van der Waals surface area contributed by atoms with Crippen LogP contribution in [-0.4, -0.2) is 54.5 Å². The molecule has 0 N–H and O–H groups in total. The van der Waals surface area contributed by atoms with Crippen molar-refractivity contribution < 1.29 is 67.4 Å². The van der Waals surface area contributed by atoms with Gasteiger partial charge in [-0.1, -0.05) is 21.8 Å². The molecule has 0 spiro atoms. The Morgan fingerprint density at radius 3 is 1.55 bits per heavy atom. The first-order valence-electron chi connectivity index (χ1n) is 12.9. The van der Waals surface area contributed by atoms with Crippen LogP contribution in [0.4, 0.5) is 48.3 Å². The van der Waals surface area contributed by atoms with E-state index in [0.29, 0.717) is 0 Å². The molecule has 248 valence electrons. The standard InChI is InChI=1S/C25H31F11O4.2CH4/c1-4-19(2,3)17(37)39-12-16(40-18(38)20-8-13-5-14(9-20)7-15(6-13)10-20)11-21(26,27)23(29,30)22(28,24(31,32)33)25(34,35)36;;/h13-16H,4-12H2,1-3H3;2*1H4. The maximum Gasteiger partial charge on any atom is 0.438 e. The Hall–Kier alpha value is -1.83. The second-order valence-electron chi connectivity index (χ2n) is 12.2. The molecule has 0 heterocycles. The lowest BCUT2D eigenvalue weighted by atomic mass is 9.49. The first kappa shape index (κ1) is 38.2. The highest BCUT2D eigenvalue weighted by Crippen LogP contribution is 2.62. The van der Waals surface area contributed by atoms with Crippen LogP contribution in [0.25, 0.3) is 0 Å². The van der Waals surface area contributed by atoms with Gasteiger partial charge in [0.2, 0.25) is 0 Å². The molecular formula is C27H39F11O4. The van der Waals surface area contributed by atoms with Crippen LogP contribution in [0.15, 0.2) is 0 Å². The third-order valence-corrected chi connectivity index (χ3v) is 8.74. The van der Waals surface area contributed by atoms with E-state index in [1.165, 1.54) is 20.8 Å². The van der Waals surface area contributed by atoms with Crippen LogP contribution in [-0.2, 0) is 19.1 Å². The molecule has 4 fully saturated rings. The van der Waals surface area contributed by atoms with Gasteiger partial charge in [-0.05, 0) is 76.5 Å². The molecule has 0 amide bonds. The summed E-state index contributed by atoms with van der Waals surface area (Å²) in [5.41, 5.74) is -10.1. The second kappa shape index (κ2) is 11.9. The quantitative estimate of drug-likeness (QED) is 0.178. The van der Waals surface area contributed by atoms with E-state index >= 15 is 0 Å². The van der Waals surface area contributed by atoms with Crippen LogP contribution >= 0.6 is 0 Å². The first-order valence-corrected chi connectivity index (χ1v) is 12.9. The fourth-order valence-corrected chi connectivity index (χ4v) is 6.46. The Balaban J connectivity index is 0.00000441. The number of carbonyl (C=O) groups is 2. The first-order chi connectivity index (χ1) is 17.9. The summed E-state index contributed by atoms with van der Waals surface area (Å²) in [4.78, 5) is 25.6. The summed E-state index contributed by atoms with van der Waals surface area (Å²) in [6.07, 6.45) is -16.8. The largest absolute Gasteiger partial charge is 0.461 e. The van der Waals surface area contributed by atoms with Crippen LogP contribution in [0.5, 0.6) is 0 Å². The molecule has 4 rings (SSSR count). The highest BCUT2D eigenvalue weighted by molar-refractivity contribution is 5.78. The van der Waals surface area contributed by atoms with Gasteiger partial charge in [0.1, 0.15) is 12.7 Å². The summed E-state index contributed by atoms with van der Waals surface area (Å²) in [5, 5.41) is 0. The van der Waals surface area contributed by atoms with Crippen LogP contribution < -0.4 is 0 Å². The SMILES string of the molecule is C.C.CCC(C)(C)C(=O)OCC(CC(F)(F)C(F)(F)C(F)(C(F)(F)F)C(F)(F)F)OC(=O)C12CC3CC(CC(C3)C1)C2. The van der Waals surface area contributed by atoms with Crippen LogP contribution in [0.1, 0.15) is 87.0 Å². The van der Waals surface area contributed by atoms with E-state index in [-0.39, 0.29) is 58.3 Å². The van der Waals surface area contributed by atoms with Crippen molar-refractivity contribution in [2.45, 2.75) is 123 Å². The van der Waals surface area contributed by atoms with Gasteiger partial charge in [0, 0.05) is 0 Å². The van der Waals surface area contributed by atoms with Crippen molar-refractivity contribution >= 4 is 11.9 Å². The highest BCUT2D eigenvalue weighted by Gasteiger charge is 2.90. The Kier molecular flexibility index (Phi) is 10.8. The molecule has 4 bridgehead atoms. The summed E-state index contributed by atoms with van der Waals surface area (Å²) in [6, 6.07) is 0. The zero-order valence-electron chi connectivity index (χ0n) is 22.0. The second-order valence-corrected chi connectivity index (χ2v) is 12.2. The third kappa shape index (κ3) is 6.49. The molecule has 4 aliphatic carbocycles. The highest BCUT2D eigenvalue weighted by atomic mass is 19.4. The van der Waals surface area contributed by atoms with Gasteiger partial charge in [-0.15, -0.1) is 0 Å². The lowest BCUT2D eigenvalue weighted by Gasteiger charge is -2.55. The molecule has 4 aliphatic rings. The summed E-state index contributed by atoms with van der Waals surface area (Å²) < 4.78 is 160. The fourth-order valence-electron chi connectivity index (χ4n) is 6.46. The molecule has 42 heavy (non-hydrogen) atoms. The van der Waals surface area contributed by atoms with Crippen molar-refractivity contribution in [3.8, 4) is 0 Å². The number of alkyl halides is 11. The minimum Gasteiger partial charge on any atom is -0.461 e. The minimum atomic E-state index is -7.63. The van der Waals surface area contributed by atoms with E-state index in [4.69, 9.17) is 9.47 Å². The van der Waals surface area contributed by atoms with Gasteiger partial charge in [-0.3, -0.25) is 9.59 Å².